The van der Waals surface area contributed by atoms with Gasteiger partial charge in [0.15, 0.2) is 11.6 Å². The molecule has 3 aliphatic carbocycles. The summed E-state index contributed by atoms with van der Waals surface area (Å²) < 4.78 is 29.9. The summed E-state index contributed by atoms with van der Waals surface area (Å²) in [5.74, 6) is -1.80. The Labute approximate surface area is 204 Å². The number of thiophene rings is 1. The summed E-state index contributed by atoms with van der Waals surface area (Å²) in [6, 6.07) is 3.23. The van der Waals surface area contributed by atoms with Gasteiger partial charge in [0, 0.05) is 17.1 Å². The fourth-order valence-electron chi connectivity index (χ4n) is 6.11. The number of nitrogens with zero attached hydrogens (tertiary/aromatic N) is 3. The number of hydrogen-bond donors (Lipinski definition) is 2. The number of aromatic amines is 1. The van der Waals surface area contributed by atoms with Crippen LogP contribution in [0.15, 0.2) is 29.9 Å². The van der Waals surface area contributed by atoms with Crippen LogP contribution in [0.3, 0.4) is 0 Å². The highest BCUT2D eigenvalue weighted by Gasteiger charge is 2.47. The van der Waals surface area contributed by atoms with E-state index in [0.29, 0.717) is 21.5 Å². The summed E-state index contributed by atoms with van der Waals surface area (Å²) in [5.41, 5.74) is 2.43. The second-order valence-electron chi connectivity index (χ2n) is 9.80. The highest BCUT2D eigenvalue weighted by molar-refractivity contribution is 7.13. The zero-order chi connectivity index (χ0) is 24.3. The van der Waals surface area contributed by atoms with Crippen LogP contribution in [-0.2, 0) is 11.2 Å². The number of aliphatic carboxylic acids is 1. The Balaban J connectivity index is 1.50. The van der Waals surface area contributed by atoms with Crippen molar-refractivity contribution in [2.24, 2.45) is 23.7 Å². The van der Waals surface area contributed by atoms with Gasteiger partial charge in [0.1, 0.15) is 17.2 Å². The molecule has 2 atom stereocenters. The number of fused-ring (bicyclic) bond motifs is 4. The van der Waals surface area contributed by atoms with Gasteiger partial charge in [0.05, 0.1) is 22.7 Å². The van der Waals surface area contributed by atoms with Gasteiger partial charge in [-0.3, -0.25) is 4.79 Å². The fourth-order valence-corrected chi connectivity index (χ4v) is 6.99. The van der Waals surface area contributed by atoms with Crippen molar-refractivity contribution >= 4 is 28.3 Å². The molecule has 4 aromatic heterocycles. The molecule has 2 N–H and O–H groups in total. The van der Waals surface area contributed by atoms with E-state index >= 15 is 4.39 Å². The van der Waals surface area contributed by atoms with Crippen LogP contribution in [0.5, 0.6) is 0 Å². The predicted octanol–water partition coefficient (Wildman–Crippen LogP) is 6.01. The quantitative estimate of drug-likeness (QED) is 0.354. The third-order valence-corrected chi connectivity index (χ3v) is 8.78. The van der Waals surface area contributed by atoms with Crippen LogP contribution in [0.25, 0.3) is 33.0 Å². The highest BCUT2D eigenvalue weighted by atomic mass is 32.1. The Bertz CT molecular complexity index is 1440. The first kappa shape index (κ1) is 22.3. The molecule has 9 heteroatoms. The van der Waals surface area contributed by atoms with Gasteiger partial charge >= 0.3 is 5.97 Å². The zero-order valence-corrected chi connectivity index (χ0v) is 19.9. The van der Waals surface area contributed by atoms with Gasteiger partial charge < -0.3 is 10.1 Å². The summed E-state index contributed by atoms with van der Waals surface area (Å²) in [7, 11) is 0. The van der Waals surface area contributed by atoms with Gasteiger partial charge in [-0.1, -0.05) is 0 Å². The minimum Gasteiger partial charge on any atom is -0.481 e. The van der Waals surface area contributed by atoms with Gasteiger partial charge in [-0.15, -0.1) is 11.3 Å². The lowest BCUT2D eigenvalue weighted by Crippen LogP contribution is -2.45. The normalized spacial score (nSPS) is 23.7. The Hall–Kier alpha value is -3.20. The van der Waals surface area contributed by atoms with Crippen molar-refractivity contribution < 1.29 is 18.7 Å². The standard InChI is InChI=1S/C26H24F2N4O2S/c1-12-6-20(35-11-12)23-22(28)19(8-16-13-2-4-14(5-3-13)21(16)26(33)34)31-25(32-23)18-10-30-24-17(18)7-15(27)9-29-24/h6-7,9-11,13-14,16,21H,2-5,8H2,1H3,(H,29,30)(H,33,34)/t13?,14?,16-,21-/m0/s1. The SMILES string of the molecule is Cc1csc(-c2nc(-c3c[nH]c4ncc(F)cc34)nc(C[C@H]3C4CCC(CC4)[C@@H]3C(=O)O)c2F)c1. The van der Waals surface area contributed by atoms with Crippen LogP contribution < -0.4 is 0 Å². The summed E-state index contributed by atoms with van der Waals surface area (Å²) in [4.78, 5) is 29.1. The van der Waals surface area contributed by atoms with Crippen LogP contribution in [-0.4, -0.2) is 31.0 Å². The third kappa shape index (κ3) is 3.82. The van der Waals surface area contributed by atoms with E-state index in [0.717, 1.165) is 37.4 Å². The minimum absolute atomic E-state index is 0.133. The maximum absolute atomic E-state index is 15.9. The van der Waals surface area contributed by atoms with E-state index in [1.54, 1.807) is 6.20 Å². The van der Waals surface area contributed by atoms with E-state index in [4.69, 9.17) is 0 Å². The maximum atomic E-state index is 15.9. The lowest BCUT2D eigenvalue weighted by atomic mass is 9.57. The Morgan fingerprint density at radius 3 is 2.66 bits per heavy atom. The Morgan fingerprint density at radius 2 is 1.94 bits per heavy atom. The van der Waals surface area contributed by atoms with Gasteiger partial charge in [-0.05, 0) is 79.9 Å². The monoisotopic (exact) mass is 494 g/mol. The average Bonchev–Trinajstić information content (AvgIpc) is 3.46. The molecule has 3 aliphatic rings. The number of hydrogen-bond acceptors (Lipinski definition) is 5. The maximum Gasteiger partial charge on any atom is 0.307 e. The molecule has 0 radical (unpaired) electrons. The predicted molar refractivity (Wildman–Crippen MR) is 129 cm³/mol. The first-order valence-corrected chi connectivity index (χ1v) is 12.7. The lowest BCUT2D eigenvalue weighted by molar-refractivity contribution is -0.152. The molecule has 6 nitrogen and oxygen atoms in total. The van der Waals surface area contributed by atoms with Crippen LogP contribution in [0.4, 0.5) is 8.78 Å². The van der Waals surface area contributed by atoms with Crippen molar-refractivity contribution in [3.63, 3.8) is 0 Å². The summed E-state index contributed by atoms with van der Waals surface area (Å²) >= 11 is 1.40. The number of carboxylic acids is 1. The molecule has 4 heterocycles. The lowest BCUT2D eigenvalue weighted by Gasteiger charge is -2.46. The van der Waals surface area contributed by atoms with E-state index in [9.17, 15) is 14.3 Å². The van der Waals surface area contributed by atoms with Crippen LogP contribution >= 0.6 is 11.3 Å². The molecule has 0 amide bonds. The van der Waals surface area contributed by atoms with E-state index in [-0.39, 0.29) is 41.4 Å². The Morgan fingerprint density at radius 1 is 1.17 bits per heavy atom. The molecular weight excluding hydrogens is 470 g/mol. The van der Waals surface area contributed by atoms with E-state index in [1.807, 2.05) is 18.4 Å². The number of halogens is 2. The Kier molecular flexibility index (Phi) is 5.40. The highest BCUT2D eigenvalue weighted by Crippen LogP contribution is 2.50. The summed E-state index contributed by atoms with van der Waals surface area (Å²) in [6.45, 7) is 1.94. The molecule has 0 aromatic carbocycles. The topological polar surface area (TPSA) is 91.8 Å². The molecule has 0 unspecified atom stereocenters. The molecule has 180 valence electrons. The summed E-state index contributed by atoms with van der Waals surface area (Å²) in [5, 5.41) is 12.4. The molecular formula is C26H24F2N4O2S. The molecule has 0 spiro atoms. The largest absolute Gasteiger partial charge is 0.481 e. The number of carboxylic acid groups (broad SMARTS) is 1. The van der Waals surface area contributed by atoms with Crippen molar-refractivity contribution in [1.29, 1.82) is 0 Å². The van der Waals surface area contributed by atoms with Crippen LogP contribution in [0.1, 0.15) is 36.9 Å². The average molecular weight is 495 g/mol. The zero-order valence-electron chi connectivity index (χ0n) is 19.1. The first-order valence-electron chi connectivity index (χ1n) is 11.9. The van der Waals surface area contributed by atoms with Gasteiger partial charge in [0.25, 0.3) is 0 Å². The molecule has 4 aromatic rings. The van der Waals surface area contributed by atoms with E-state index in [1.165, 1.54) is 17.4 Å². The number of carbonyl (C=O) groups is 1. The van der Waals surface area contributed by atoms with Gasteiger partial charge in [0.2, 0.25) is 0 Å². The van der Waals surface area contributed by atoms with Crippen molar-refractivity contribution in [2.45, 2.75) is 39.0 Å². The minimum atomic E-state index is -0.800. The molecule has 3 saturated carbocycles. The smallest absolute Gasteiger partial charge is 0.307 e. The third-order valence-electron chi connectivity index (χ3n) is 7.73. The molecule has 0 saturated heterocycles. The van der Waals surface area contributed by atoms with Crippen LogP contribution in [0, 0.1) is 42.2 Å². The number of aromatic nitrogens is 4. The number of aryl methyl sites for hydroxylation is 1. The van der Waals surface area contributed by atoms with Crippen molar-refractivity contribution in [2.75, 3.05) is 0 Å². The van der Waals surface area contributed by atoms with Crippen molar-refractivity contribution in [1.82, 2.24) is 19.9 Å². The molecule has 0 aliphatic heterocycles. The molecule has 3 fully saturated rings. The van der Waals surface area contributed by atoms with E-state index < -0.39 is 23.5 Å². The fraction of sp³-hybridized carbons (Fsp3) is 0.385. The van der Waals surface area contributed by atoms with Crippen molar-refractivity contribution in [3.8, 4) is 22.0 Å². The second kappa shape index (κ2) is 8.48. The second-order valence-corrected chi connectivity index (χ2v) is 10.7. The van der Waals surface area contributed by atoms with Crippen LogP contribution in [0.2, 0.25) is 0 Å². The number of H-pyrrole nitrogens is 1. The summed E-state index contributed by atoms with van der Waals surface area (Å²) in [6.07, 6.45) is 6.81. The molecule has 7 rings (SSSR count). The number of pyridine rings is 1. The van der Waals surface area contributed by atoms with E-state index in [2.05, 4.69) is 19.9 Å². The first-order chi connectivity index (χ1) is 16.9. The van der Waals surface area contributed by atoms with Gasteiger partial charge in [-0.2, -0.15) is 0 Å². The number of rotatable bonds is 5. The molecule has 35 heavy (non-hydrogen) atoms. The number of nitrogens with one attached hydrogen (secondary N) is 1. The molecule has 2 bridgehead atoms. The van der Waals surface area contributed by atoms with Crippen molar-refractivity contribution in [3.05, 3.63) is 52.8 Å². The van der Waals surface area contributed by atoms with Gasteiger partial charge in [-0.25, -0.2) is 23.7 Å².